The van der Waals surface area contributed by atoms with Gasteiger partial charge >= 0.3 is 0 Å². The second kappa shape index (κ2) is 7.07. The Bertz CT molecular complexity index is 448. The highest BCUT2D eigenvalue weighted by Gasteiger charge is 2.10. The lowest BCUT2D eigenvalue weighted by atomic mass is 10.2. The van der Waals surface area contributed by atoms with Gasteiger partial charge in [-0.1, -0.05) is 12.2 Å². The molecule has 1 aliphatic rings. The first-order chi connectivity index (χ1) is 9.16. The maximum absolute atomic E-state index is 13.7. The van der Waals surface area contributed by atoms with E-state index in [9.17, 15) is 4.39 Å². The van der Waals surface area contributed by atoms with Crippen molar-refractivity contribution in [2.45, 2.75) is 0 Å². The maximum Gasteiger partial charge on any atom is 0.135 e. The first-order valence-electron chi connectivity index (χ1n) is 6.30. The van der Waals surface area contributed by atoms with Crippen LogP contribution in [0.4, 0.5) is 10.1 Å². The van der Waals surface area contributed by atoms with E-state index in [-0.39, 0.29) is 10.8 Å². The summed E-state index contributed by atoms with van der Waals surface area (Å²) in [4.78, 5) is 2.51. The van der Waals surface area contributed by atoms with Crippen LogP contribution in [0.25, 0.3) is 0 Å². The molecule has 0 bridgehead atoms. The molecule has 3 N–H and O–H groups in total. The van der Waals surface area contributed by atoms with Gasteiger partial charge in [-0.15, -0.1) is 0 Å². The minimum absolute atomic E-state index is 0.0925. The van der Waals surface area contributed by atoms with Crippen LogP contribution in [0.1, 0.15) is 5.56 Å². The summed E-state index contributed by atoms with van der Waals surface area (Å²) >= 11 is 6.77. The van der Waals surface area contributed by atoms with Crippen LogP contribution in [-0.4, -0.2) is 47.6 Å². The van der Waals surface area contributed by atoms with Gasteiger partial charge in [0, 0.05) is 48.9 Å². The van der Waals surface area contributed by atoms with E-state index in [2.05, 4.69) is 10.2 Å². The van der Waals surface area contributed by atoms with Crippen molar-refractivity contribution in [3.63, 3.8) is 0 Å². The van der Waals surface area contributed by atoms with Crippen molar-refractivity contribution in [1.82, 2.24) is 4.90 Å². The van der Waals surface area contributed by atoms with E-state index in [0.717, 1.165) is 31.9 Å². The van der Waals surface area contributed by atoms with Gasteiger partial charge in [-0.25, -0.2) is 4.39 Å². The Labute approximate surface area is 122 Å². The minimum atomic E-state index is -0.369. The third kappa shape index (κ3) is 4.33. The largest absolute Gasteiger partial charge is 0.389 e. The number of hydrogen-bond acceptors (Lipinski definition) is 4. The summed E-state index contributed by atoms with van der Waals surface area (Å²) in [5.74, 6) is 2.04. The zero-order valence-electron chi connectivity index (χ0n) is 10.7. The normalized spacial score (nSPS) is 16.3. The van der Waals surface area contributed by atoms with Gasteiger partial charge in [0.05, 0.1) is 0 Å². The topological polar surface area (TPSA) is 41.3 Å². The van der Waals surface area contributed by atoms with Crippen LogP contribution in [0.5, 0.6) is 0 Å². The SMILES string of the molecule is NC(=S)c1ccc(NCCN2CCSCC2)cc1F. The van der Waals surface area contributed by atoms with Crippen LogP contribution in [0.3, 0.4) is 0 Å². The van der Waals surface area contributed by atoms with Crippen molar-refractivity contribution in [2.24, 2.45) is 5.73 Å². The quantitative estimate of drug-likeness (QED) is 0.813. The van der Waals surface area contributed by atoms with Gasteiger partial charge in [0.2, 0.25) is 0 Å². The number of nitrogens with two attached hydrogens (primary N) is 1. The third-order valence-electron chi connectivity index (χ3n) is 3.10. The summed E-state index contributed by atoms with van der Waals surface area (Å²) in [6, 6.07) is 4.88. The third-order valence-corrected chi connectivity index (χ3v) is 4.26. The van der Waals surface area contributed by atoms with E-state index in [1.165, 1.54) is 17.6 Å². The molecule has 0 aromatic heterocycles. The van der Waals surface area contributed by atoms with Crippen LogP contribution in [-0.2, 0) is 0 Å². The molecule has 1 aromatic carbocycles. The predicted molar refractivity (Wildman–Crippen MR) is 84.5 cm³/mol. The van der Waals surface area contributed by atoms with Gasteiger partial charge in [-0.05, 0) is 18.2 Å². The molecule has 0 radical (unpaired) electrons. The maximum atomic E-state index is 13.7. The fourth-order valence-corrected chi connectivity index (χ4v) is 3.15. The van der Waals surface area contributed by atoms with E-state index in [1.54, 1.807) is 6.07 Å². The van der Waals surface area contributed by atoms with Gasteiger partial charge < -0.3 is 11.1 Å². The van der Waals surface area contributed by atoms with Crippen molar-refractivity contribution in [1.29, 1.82) is 0 Å². The number of anilines is 1. The average molecular weight is 299 g/mol. The fourth-order valence-electron chi connectivity index (χ4n) is 2.01. The molecule has 1 aromatic rings. The fraction of sp³-hybridized carbons (Fsp3) is 0.462. The van der Waals surface area contributed by atoms with Crippen molar-refractivity contribution < 1.29 is 4.39 Å². The van der Waals surface area contributed by atoms with E-state index >= 15 is 0 Å². The molecular weight excluding hydrogens is 281 g/mol. The molecule has 6 heteroatoms. The van der Waals surface area contributed by atoms with Crippen LogP contribution < -0.4 is 11.1 Å². The molecule has 2 rings (SSSR count). The van der Waals surface area contributed by atoms with Crippen molar-refractivity contribution in [2.75, 3.05) is 43.0 Å². The highest BCUT2D eigenvalue weighted by molar-refractivity contribution is 7.99. The molecule has 0 amide bonds. The Morgan fingerprint density at radius 2 is 2.16 bits per heavy atom. The second-order valence-corrected chi connectivity index (χ2v) is 6.10. The van der Waals surface area contributed by atoms with E-state index in [4.69, 9.17) is 18.0 Å². The molecule has 1 heterocycles. The summed E-state index contributed by atoms with van der Waals surface area (Å²) < 4.78 is 13.7. The Morgan fingerprint density at radius 3 is 2.79 bits per heavy atom. The Morgan fingerprint density at radius 1 is 1.42 bits per heavy atom. The van der Waals surface area contributed by atoms with Crippen molar-refractivity contribution >= 4 is 34.7 Å². The van der Waals surface area contributed by atoms with E-state index in [1.807, 2.05) is 17.8 Å². The number of rotatable bonds is 5. The van der Waals surface area contributed by atoms with Gasteiger partial charge in [0.25, 0.3) is 0 Å². The summed E-state index contributed by atoms with van der Waals surface area (Å²) in [5, 5.41) is 3.23. The lowest BCUT2D eigenvalue weighted by Gasteiger charge is -2.26. The van der Waals surface area contributed by atoms with Gasteiger partial charge in [0.15, 0.2) is 0 Å². The highest BCUT2D eigenvalue weighted by atomic mass is 32.2. The zero-order valence-corrected chi connectivity index (χ0v) is 12.3. The van der Waals surface area contributed by atoms with Gasteiger partial charge in [-0.2, -0.15) is 11.8 Å². The van der Waals surface area contributed by atoms with Crippen molar-refractivity contribution in [3.05, 3.63) is 29.6 Å². The number of hydrogen-bond donors (Lipinski definition) is 2. The molecule has 1 aliphatic heterocycles. The van der Waals surface area contributed by atoms with Crippen LogP contribution in [0.15, 0.2) is 18.2 Å². The standard InChI is InChI=1S/C13H18FN3S2/c14-12-9-10(1-2-11(12)13(15)18)16-3-4-17-5-7-19-8-6-17/h1-2,9,16H,3-8H2,(H2,15,18). The van der Waals surface area contributed by atoms with Crippen LogP contribution >= 0.6 is 24.0 Å². The molecule has 0 spiro atoms. The first-order valence-corrected chi connectivity index (χ1v) is 7.86. The van der Waals surface area contributed by atoms with Crippen molar-refractivity contribution in [3.8, 4) is 0 Å². The van der Waals surface area contributed by atoms with Gasteiger partial charge in [-0.3, -0.25) is 4.90 Å². The monoisotopic (exact) mass is 299 g/mol. The lowest BCUT2D eigenvalue weighted by molar-refractivity contribution is 0.314. The Hall–Kier alpha value is -0.850. The summed E-state index contributed by atoms with van der Waals surface area (Å²) in [5.41, 5.74) is 6.49. The number of thioether (sulfide) groups is 1. The molecule has 104 valence electrons. The highest BCUT2D eigenvalue weighted by Crippen LogP contribution is 2.14. The number of halogens is 1. The van der Waals surface area contributed by atoms with Crippen LogP contribution in [0, 0.1) is 5.82 Å². The smallest absolute Gasteiger partial charge is 0.135 e. The average Bonchev–Trinajstić information content (AvgIpc) is 2.39. The zero-order chi connectivity index (χ0) is 13.7. The molecule has 0 saturated carbocycles. The molecular formula is C13H18FN3S2. The Kier molecular flexibility index (Phi) is 5.42. The van der Waals surface area contributed by atoms with Gasteiger partial charge in [0.1, 0.15) is 10.8 Å². The van der Waals surface area contributed by atoms with E-state index < -0.39 is 0 Å². The lowest BCUT2D eigenvalue weighted by Crippen LogP contribution is -2.36. The summed E-state index contributed by atoms with van der Waals surface area (Å²) in [6.45, 7) is 4.08. The Balaban J connectivity index is 1.82. The van der Waals surface area contributed by atoms with Crippen LogP contribution in [0.2, 0.25) is 0 Å². The number of nitrogens with one attached hydrogen (secondary N) is 1. The number of benzene rings is 1. The minimum Gasteiger partial charge on any atom is -0.389 e. The van der Waals surface area contributed by atoms with E-state index in [0.29, 0.717) is 5.56 Å². The molecule has 1 fully saturated rings. The molecule has 0 aliphatic carbocycles. The molecule has 0 unspecified atom stereocenters. The first kappa shape index (κ1) is 14.6. The second-order valence-electron chi connectivity index (χ2n) is 4.44. The molecule has 19 heavy (non-hydrogen) atoms. The number of nitrogens with zero attached hydrogens (tertiary/aromatic N) is 1. The number of thiocarbonyl (C=S) groups is 1. The molecule has 1 saturated heterocycles. The molecule has 3 nitrogen and oxygen atoms in total. The summed E-state index contributed by atoms with van der Waals surface area (Å²) in [6.07, 6.45) is 0. The predicted octanol–water partition coefficient (Wildman–Crippen LogP) is 1.92. The molecule has 0 atom stereocenters. The summed E-state index contributed by atoms with van der Waals surface area (Å²) in [7, 11) is 0.